The first-order valence-corrected chi connectivity index (χ1v) is 6.99. The molecule has 0 saturated heterocycles. The lowest BCUT2D eigenvalue weighted by molar-refractivity contribution is 0.717. The highest BCUT2D eigenvalue weighted by Gasteiger charge is 2.17. The Kier molecular flexibility index (Phi) is 3.50. The lowest BCUT2D eigenvalue weighted by Gasteiger charge is -2.16. The molecule has 20 heavy (non-hydrogen) atoms. The number of hydrogen-bond acceptors (Lipinski definition) is 4. The van der Waals surface area contributed by atoms with E-state index in [-0.39, 0.29) is 5.56 Å². The molecule has 0 radical (unpaired) electrons. The number of rotatable bonds is 3. The van der Waals surface area contributed by atoms with Crippen molar-refractivity contribution in [1.82, 2.24) is 14.5 Å². The monoisotopic (exact) mass is 270 g/mol. The molecular formula is C15H18N4O. The summed E-state index contributed by atoms with van der Waals surface area (Å²) in [6.45, 7) is 0. The second-order valence-electron chi connectivity index (χ2n) is 5.22. The number of nitrogens with one attached hydrogen (secondary N) is 1. The summed E-state index contributed by atoms with van der Waals surface area (Å²) in [7, 11) is 1.75. The molecule has 0 spiro atoms. The van der Waals surface area contributed by atoms with Crippen LogP contribution in [-0.4, -0.2) is 20.6 Å². The fourth-order valence-corrected chi connectivity index (χ4v) is 2.59. The van der Waals surface area contributed by atoms with Gasteiger partial charge in [-0.1, -0.05) is 12.8 Å². The molecule has 0 unspecified atom stereocenters. The third-order valence-corrected chi connectivity index (χ3v) is 3.80. The van der Waals surface area contributed by atoms with Crippen LogP contribution in [0.5, 0.6) is 0 Å². The summed E-state index contributed by atoms with van der Waals surface area (Å²) in [6, 6.07) is 5.72. The summed E-state index contributed by atoms with van der Waals surface area (Å²) in [5, 5.41) is 3.40. The van der Waals surface area contributed by atoms with E-state index in [1.807, 2.05) is 12.1 Å². The first kappa shape index (κ1) is 12.8. The minimum Gasteiger partial charge on any atom is -0.353 e. The minimum atomic E-state index is -0.0488. The Labute approximate surface area is 117 Å². The van der Waals surface area contributed by atoms with Crippen molar-refractivity contribution < 1.29 is 0 Å². The maximum atomic E-state index is 12.1. The third kappa shape index (κ3) is 2.57. The first-order valence-electron chi connectivity index (χ1n) is 6.99. The molecule has 1 aliphatic carbocycles. The van der Waals surface area contributed by atoms with Crippen LogP contribution < -0.4 is 10.9 Å². The molecule has 0 bridgehead atoms. The Bertz CT molecular complexity index is 645. The molecule has 5 heteroatoms. The highest BCUT2D eigenvalue weighted by atomic mass is 16.1. The zero-order valence-corrected chi connectivity index (χ0v) is 11.5. The fourth-order valence-electron chi connectivity index (χ4n) is 2.59. The quantitative estimate of drug-likeness (QED) is 0.928. The van der Waals surface area contributed by atoms with Crippen LogP contribution >= 0.6 is 0 Å². The van der Waals surface area contributed by atoms with Gasteiger partial charge in [-0.2, -0.15) is 0 Å². The van der Waals surface area contributed by atoms with Gasteiger partial charge >= 0.3 is 0 Å². The largest absolute Gasteiger partial charge is 0.353 e. The topological polar surface area (TPSA) is 59.8 Å². The second-order valence-corrected chi connectivity index (χ2v) is 5.22. The summed E-state index contributed by atoms with van der Waals surface area (Å²) in [5.41, 5.74) is 1.55. The molecule has 104 valence electrons. The average Bonchev–Trinajstić information content (AvgIpc) is 2.97. The van der Waals surface area contributed by atoms with Gasteiger partial charge < -0.3 is 5.32 Å². The van der Waals surface area contributed by atoms with Crippen molar-refractivity contribution in [3.63, 3.8) is 0 Å². The molecule has 2 aromatic heterocycles. The van der Waals surface area contributed by atoms with Gasteiger partial charge in [0.05, 0.1) is 5.69 Å². The molecule has 0 atom stereocenters. The number of pyridine rings is 1. The molecule has 2 heterocycles. The average molecular weight is 270 g/mol. The van der Waals surface area contributed by atoms with Crippen LogP contribution in [0, 0.1) is 0 Å². The molecule has 1 fully saturated rings. The van der Waals surface area contributed by atoms with Crippen molar-refractivity contribution in [2.24, 2.45) is 7.05 Å². The van der Waals surface area contributed by atoms with Crippen LogP contribution in [0.4, 0.5) is 5.95 Å². The Balaban J connectivity index is 1.97. The highest BCUT2D eigenvalue weighted by Crippen LogP contribution is 2.22. The zero-order chi connectivity index (χ0) is 13.9. The summed E-state index contributed by atoms with van der Waals surface area (Å²) >= 11 is 0. The van der Waals surface area contributed by atoms with E-state index >= 15 is 0 Å². The third-order valence-electron chi connectivity index (χ3n) is 3.80. The van der Waals surface area contributed by atoms with Gasteiger partial charge in [0.2, 0.25) is 5.95 Å². The summed E-state index contributed by atoms with van der Waals surface area (Å²) in [6.07, 6.45) is 8.20. The van der Waals surface area contributed by atoms with E-state index in [4.69, 9.17) is 0 Å². The molecule has 0 aliphatic heterocycles. The van der Waals surface area contributed by atoms with E-state index in [0.29, 0.717) is 17.7 Å². The molecule has 0 amide bonds. The molecule has 1 aliphatic rings. The van der Waals surface area contributed by atoms with Crippen molar-refractivity contribution in [2.75, 3.05) is 5.32 Å². The van der Waals surface area contributed by atoms with Crippen LogP contribution in [0.25, 0.3) is 11.3 Å². The van der Waals surface area contributed by atoms with Gasteiger partial charge in [-0.25, -0.2) is 4.98 Å². The maximum absolute atomic E-state index is 12.1. The summed E-state index contributed by atoms with van der Waals surface area (Å²) in [4.78, 5) is 20.7. The normalized spacial score (nSPS) is 15.4. The molecule has 3 rings (SSSR count). The lowest BCUT2D eigenvalue weighted by Crippen LogP contribution is -2.26. The standard InChI is InChI=1S/C15H18N4O/c1-19-14(20)10-13(11-6-8-16-9-7-11)18-15(19)17-12-4-2-3-5-12/h6-10,12H,2-5H2,1H3,(H,17,18). The van der Waals surface area contributed by atoms with Gasteiger partial charge in [-0.3, -0.25) is 14.3 Å². The van der Waals surface area contributed by atoms with Gasteiger partial charge in [0.15, 0.2) is 0 Å². The van der Waals surface area contributed by atoms with Crippen LogP contribution in [0.1, 0.15) is 25.7 Å². The van der Waals surface area contributed by atoms with Crippen molar-refractivity contribution in [3.8, 4) is 11.3 Å². The molecule has 1 N–H and O–H groups in total. The van der Waals surface area contributed by atoms with Crippen LogP contribution in [0.2, 0.25) is 0 Å². The number of aromatic nitrogens is 3. The van der Waals surface area contributed by atoms with Crippen LogP contribution in [-0.2, 0) is 7.05 Å². The van der Waals surface area contributed by atoms with Crippen molar-refractivity contribution in [1.29, 1.82) is 0 Å². The van der Waals surface area contributed by atoms with Gasteiger partial charge in [-0.15, -0.1) is 0 Å². The number of anilines is 1. The molecule has 2 aromatic rings. The molecule has 5 nitrogen and oxygen atoms in total. The minimum absolute atomic E-state index is 0.0488. The predicted molar refractivity (Wildman–Crippen MR) is 78.6 cm³/mol. The van der Waals surface area contributed by atoms with Gasteiger partial charge in [-0.05, 0) is 25.0 Å². The van der Waals surface area contributed by atoms with E-state index in [1.165, 1.54) is 12.8 Å². The fraction of sp³-hybridized carbons (Fsp3) is 0.400. The Morgan fingerprint density at radius 2 is 1.95 bits per heavy atom. The summed E-state index contributed by atoms with van der Waals surface area (Å²) < 4.78 is 1.57. The number of nitrogens with zero attached hydrogens (tertiary/aromatic N) is 3. The highest BCUT2D eigenvalue weighted by molar-refractivity contribution is 5.59. The maximum Gasteiger partial charge on any atom is 0.255 e. The SMILES string of the molecule is Cn1c(NC2CCCC2)nc(-c2ccncc2)cc1=O. The van der Waals surface area contributed by atoms with E-state index < -0.39 is 0 Å². The van der Waals surface area contributed by atoms with Crippen molar-refractivity contribution in [3.05, 3.63) is 40.9 Å². The van der Waals surface area contributed by atoms with Crippen molar-refractivity contribution >= 4 is 5.95 Å². The van der Waals surface area contributed by atoms with Crippen LogP contribution in [0.3, 0.4) is 0 Å². The second kappa shape index (κ2) is 5.45. The van der Waals surface area contributed by atoms with Crippen LogP contribution in [0.15, 0.2) is 35.4 Å². The smallest absolute Gasteiger partial charge is 0.255 e. The Morgan fingerprint density at radius 3 is 2.65 bits per heavy atom. The lowest BCUT2D eigenvalue weighted by atomic mass is 10.2. The van der Waals surface area contributed by atoms with E-state index in [2.05, 4.69) is 15.3 Å². The van der Waals surface area contributed by atoms with Gasteiger partial charge in [0.25, 0.3) is 5.56 Å². The number of hydrogen-bond donors (Lipinski definition) is 1. The summed E-state index contributed by atoms with van der Waals surface area (Å²) in [5.74, 6) is 0.649. The van der Waals surface area contributed by atoms with E-state index in [0.717, 1.165) is 18.4 Å². The van der Waals surface area contributed by atoms with Gasteiger partial charge in [0.1, 0.15) is 0 Å². The molecule has 1 saturated carbocycles. The Morgan fingerprint density at radius 1 is 1.25 bits per heavy atom. The Hall–Kier alpha value is -2.17. The first-order chi connectivity index (χ1) is 9.74. The predicted octanol–water partition coefficient (Wildman–Crippen LogP) is 2.20. The van der Waals surface area contributed by atoms with E-state index in [9.17, 15) is 4.79 Å². The molecule has 0 aromatic carbocycles. The van der Waals surface area contributed by atoms with Gasteiger partial charge in [0, 0.05) is 37.1 Å². The zero-order valence-electron chi connectivity index (χ0n) is 11.5. The molecular weight excluding hydrogens is 252 g/mol. The van der Waals surface area contributed by atoms with Crippen molar-refractivity contribution in [2.45, 2.75) is 31.7 Å². The van der Waals surface area contributed by atoms with E-state index in [1.54, 1.807) is 30.1 Å².